The van der Waals surface area contributed by atoms with Crippen LogP contribution in [-0.2, 0) is 30.6 Å². The molecule has 1 aromatic heterocycles. The molecule has 276 valence electrons. The van der Waals surface area contributed by atoms with E-state index in [1.807, 2.05) is 6.07 Å². The van der Waals surface area contributed by atoms with Crippen molar-refractivity contribution in [3.63, 3.8) is 0 Å². The van der Waals surface area contributed by atoms with E-state index in [2.05, 4.69) is 10.2 Å². The Hall–Kier alpha value is -5.28. The molecule has 4 aromatic rings. The van der Waals surface area contributed by atoms with Gasteiger partial charge in [-0.2, -0.15) is 13.2 Å². The normalized spacial score (nSPS) is 14.3. The molecule has 4 N–H and O–H groups in total. The van der Waals surface area contributed by atoms with Gasteiger partial charge in [0.15, 0.2) is 0 Å². The Kier molecular flexibility index (Phi) is 12.0. The van der Waals surface area contributed by atoms with Crippen LogP contribution >= 0.6 is 0 Å². The first-order chi connectivity index (χ1) is 24.7. The predicted octanol–water partition coefficient (Wildman–Crippen LogP) is 4.14. The second kappa shape index (κ2) is 16.4. The van der Waals surface area contributed by atoms with Gasteiger partial charge < -0.3 is 21.1 Å². The lowest BCUT2D eigenvalue weighted by molar-refractivity contribution is -0.138. The lowest BCUT2D eigenvalue weighted by Crippen LogP contribution is -2.51. The Labute approximate surface area is 296 Å². The zero-order valence-electron chi connectivity index (χ0n) is 28.5. The smallest absolute Gasteiger partial charge is 0.416 e. The molecule has 52 heavy (non-hydrogen) atoms. The fraction of sp³-hybridized carbons (Fsp3) is 0.351. The molecule has 0 unspecified atom stereocenters. The number of rotatable bonds is 13. The van der Waals surface area contributed by atoms with Gasteiger partial charge >= 0.3 is 17.8 Å². The maximum absolute atomic E-state index is 15.0. The third-order valence-corrected chi connectivity index (χ3v) is 9.14. The number of halogens is 4. The fourth-order valence-corrected chi connectivity index (χ4v) is 6.39. The van der Waals surface area contributed by atoms with E-state index in [-0.39, 0.29) is 36.8 Å². The molecule has 1 amide bonds. The minimum atomic E-state index is -4.89. The van der Waals surface area contributed by atoms with Gasteiger partial charge in [0.05, 0.1) is 18.7 Å². The molecule has 1 atom stereocenters. The van der Waals surface area contributed by atoms with Gasteiger partial charge in [0, 0.05) is 68.6 Å². The number of piperazine rings is 1. The van der Waals surface area contributed by atoms with Crippen LogP contribution in [0.4, 0.5) is 23.2 Å². The third-order valence-electron chi connectivity index (χ3n) is 9.14. The van der Waals surface area contributed by atoms with E-state index in [0.717, 1.165) is 32.9 Å². The summed E-state index contributed by atoms with van der Waals surface area (Å²) in [7, 11) is 0. The van der Waals surface area contributed by atoms with Crippen molar-refractivity contribution >= 4 is 17.6 Å². The molecule has 1 saturated heterocycles. The summed E-state index contributed by atoms with van der Waals surface area (Å²) in [6, 6.07) is 17.6. The number of alkyl halides is 3. The number of carbonyl (C=O) groups is 2. The average molecular weight is 725 g/mol. The number of nitrogens with zero attached hydrogens (tertiary/aromatic N) is 4. The van der Waals surface area contributed by atoms with E-state index in [0.29, 0.717) is 50.3 Å². The summed E-state index contributed by atoms with van der Waals surface area (Å²) in [6.07, 6.45) is -4.62. The minimum absolute atomic E-state index is 0.0491. The van der Waals surface area contributed by atoms with Gasteiger partial charge in [-0.05, 0) is 48.7 Å². The Morgan fingerprint density at radius 1 is 0.923 bits per heavy atom. The van der Waals surface area contributed by atoms with Crippen molar-refractivity contribution in [1.29, 1.82) is 0 Å². The lowest BCUT2D eigenvalue weighted by Gasteiger charge is -2.37. The SMILES string of the molecule is Cc1c(N2CCN(Cc3cccc(C(=O)NCCCC(=O)O)c3)CC2)c(=O)n(C[C@H](N)c2ccccc2)c(=O)n1Cc1c(F)cccc1C(F)(F)F. The zero-order valence-corrected chi connectivity index (χ0v) is 28.5. The number of anilines is 1. The molecule has 5 rings (SSSR count). The summed E-state index contributed by atoms with van der Waals surface area (Å²) in [5.41, 5.74) is 5.09. The van der Waals surface area contributed by atoms with Crippen LogP contribution in [0.15, 0.2) is 82.4 Å². The van der Waals surface area contributed by atoms with E-state index in [1.165, 1.54) is 6.92 Å². The second-order valence-electron chi connectivity index (χ2n) is 12.7. The maximum atomic E-state index is 15.0. The van der Waals surface area contributed by atoms with Crippen LogP contribution in [-0.4, -0.2) is 63.7 Å². The molecule has 0 aliphatic carbocycles. The van der Waals surface area contributed by atoms with Crippen molar-refractivity contribution in [2.45, 2.75) is 51.6 Å². The first kappa shape index (κ1) is 38.0. The van der Waals surface area contributed by atoms with Crippen molar-refractivity contribution in [3.8, 4) is 0 Å². The molecule has 15 heteroatoms. The number of hydrogen-bond acceptors (Lipinski definition) is 7. The topological polar surface area (TPSA) is 143 Å². The highest BCUT2D eigenvalue weighted by atomic mass is 19.4. The number of carbonyl (C=O) groups excluding carboxylic acids is 1. The van der Waals surface area contributed by atoms with Crippen LogP contribution < -0.4 is 27.2 Å². The quantitative estimate of drug-likeness (QED) is 0.138. The lowest BCUT2D eigenvalue weighted by atomic mass is 10.1. The first-order valence-corrected chi connectivity index (χ1v) is 16.8. The number of hydrogen-bond donors (Lipinski definition) is 3. The van der Waals surface area contributed by atoms with Gasteiger partial charge in [-0.15, -0.1) is 0 Å². The van der Waals surface area contributed by atoms with Crippen molar-refractivity contribution in [1.82, 2.24) is 19.4 Å². The maximum Gasteiger partial charge on any atom is 0.416 e. The molecule has 0 radical (unpaired) electrons. The molecule has 1 aliphatic heterocycles. The molecule has 3 aromatic carbocycles. The van der Waals surface area contributed by atoms with E-state index in [1.54, 1.807) is 53.4 Å². The summed E-state index contributed by atoms with van der Waals surface area (Å²) in [5, 5.41) is 11.5. The van der Waals surface area contributed by atoms with Gasteiger partial charge in [0.1, 0.15) is 11.5 Å². The van der Waals surface area contributed by atoms with Gasteiger partial charge in [0.2, 0.25) is 0 Å². The van der Waals surface area contributed by atoms with Crippen LogP contribution in [0.1, 0.15) is 57.2 Å². The number of aliphatic carboxylic acids is 1. The molecule has 1 fully saturated rings. The van der Waals surface area contributed by atoms with Crippen LogP contribution in [0.25, 0.3) is 0 Å². The average Bonchev–Trinajstić information content (AvgIpc) is 3.11. The van der Waals surface area contributed by atoms with Crippen molar-refractivity contribution < 1.29 is 32.3 Å². The number of nitrogens with one attached hydrogen (secondary N) is 1. The number of carboxylic acid groups (broad SMARTS) is 1. The Balaban J connectivity index is 1.41. The summed E-state index contributed by atoms with van der Waals surface area (Å²) in [4.78, 5) is 55.2. The van der Waals surface area contributed by atoms with E-state index in [4.69, 9.17) is 10.8 Å². The van der Waals surface area contributed by atoms with E-state index in [9.17, 15) is 32.3 Å². The highest BCUT2D eigenvalue weighted by molar-refractivity contribution is 5.94. The first-order valence-electron chi connectivity index (χ1n) is 16.8. The summed E-state index contributed by atoms with van der Waals surface area (Å²) < 4.78 is 58.9. The number of nitrogens with two attached hydrogens (primary N) is 1. The second-order valence-corrected chi connectivity index (χ2v) is 12.7. The summed E-state index contributed by atoms with van der Waals surface area (Å²) in [5.74, 6) is -2.38. The highest BCUT2D eigenvalue weighted by Gasteiger charge is 2.35. The molecular weight excluding hydrogens is 684 g/mol. The number of benzene rings is 3. The summed E-state index contributed by atoms with van der Waals surface area (Å²) >= 11 is 0. The van der Waals surface area contributed by atoms with Crippen LogP contribution in [0, 0.1) is 12.7 Å². The third kappa shape index (κ3) is 8.95. The number of carboxylic acids is 1. The Bertz CT molecular complexity index is 2020. The van der Waals surface area contributed by atoms with E-state index >= 15 is 4.39 Å². The van der Waals surface area contributed by atoms with Gasteiger partial charge in [-0.1, -0.05) is 48.5 Å². The van der Waals surface area contributed by atoms with Gasteiger partial charge in [-0.3, -0.25) is 28.4 Å². The number of amides is 1. The Morgan fingerprint density at radius 3 is 2.29 bits per heavy atom. The highest BCUT2D eigenvalue weighted by Crippen LogP contribution is 2.33. The predicted molar refractivity (Wildman–Crippen MR) is 187 cm³/mol. The van der Waals surface area contributed by atoms with Gasteiger partial charge in [-0.25, -0.2) is 9.18 Å². The van der Waals surface area contributed by atoms with Crippen molar-refractivity contribution in [2.24, 2.45) is 5.73 Å². The van der Waals surface area contributed by atoms with E-state index < -0.39 is 52.9 Å². The standard InChI is InChI=1S/C37H40F4N6O5/c1-24-33(45-18-16-44(17-19-45)21-25-8-5-11-27(20-25)34(50)43-15-7-14-32(48)49)35(51)47(23-31(42)26-9-3-2-4-10-26)36(52)46(24)22-28-29(37(39,40)41)12-6-13-30(28)38/h2-6,8-13,20,31H,7,14-19,21-23,42H2,1H3,(H,43,50)(H,48,49)/t31-/m0/s1. The zero-order chi connectivity index (χ0) is 37.6. The molecule has 11 nitrogen and oxygen atoms in total. The monoisotopic (exact) mass is 724 g/mol. The molecule has 0 spiro atoms. The molecule has 0 bridgehead atoms. The van der Waals surface area contributed by atoms with Crippen molar-refractivity contribution in [3.05, 3.63) is 133 Å². The molecule has 0 saturated carbocycles. The molecule has 1 aliphatic rings. The number of aromatic nitrogens is 2. The molecule has 2 heterocycles. The van der Waals surface area contributed by atoms with Crippen LogP contribution in [0.3, 0.4) is 0 Å². The summed E-state index contributed by atoms with van der Waals surface area (Å²) in [6.45, 7) is 2.76. The largest absolute Gasteiger partial charge is 0.481 e. The van der Waals surface area contributed by atoms with Crippen molar-refractivity contribution in [2.75, 3.05) is 37.6 Å². The van der Waals surface area contributed by atoms with Crippen LogP contribution in [0.5, 0.6) is 0 Å². The fourth-order valence-electron chi connectivity index (χ4n) is 6.39. The van der Waals surface area contributed by atoms with Crippen LogP contribution in [0.2, 0.25) is 0 Å². The Morgan fingerprint density at radius 2 is 1.62 bits per heavy atom. The van der Waals surface area contributed by atoms with Gasteiger partial charge in [0.25, 0.3) is 11.5 Å². The molecular formula is C37H40F4N6O5. The minimum Gasteiger partial charge on any atom is -0.481 e.